The van der Waals surface area contributed by atoms with Crippen molar-refractivity contribution in [1.29, 1.82) is 0 Å². The second kappa shape index (κ2) is 5.90. The zero-order valence-electron chi connectivity index (χ0n) is 16.5. The molecule has 3 fully saturated rings. The topological polar surface area (TPSA) is 71.4 Å². The highest BCUT2D eigenvalue weighted by Gasteiger charge is 2.64. The predicted octanol–water partition coefficient (Wildman–Crippen LogP) is 4.34. The standard InChI is InChI=1S/C22H30O4/c1-13(6-7-18(25)26)19-14(23)12-16-21(4)11-9-17(24)20(2,3)15(21)8-10-22(16,19)5/h6-7,15-16H,8-12H2,1-5H3,(H,25,26)/b7-6+,19-13-/t15-,16-,21-,22-/m0/s1. The highest BCUT2D eigenvalue weighted by molar-refractivity contribution is 6.01. The van der Waals surface area contributed by atoms with Gasteiger partial charge < -0.3 is 5.11 Å². The van der Waals surface area contributed by atoms with Gasteiger partial charge in [-0.1, -0.05) is 33.8 Å². The molecular formula is C22H30O4. The zero-order valence-corrected chi connectivity index (χ0v) is 16.5. The summed E-state index contributed by atoms with van der Waals surface area (Å²) in [6.07, 6.45) is 6.46. The SMILES string of the molecule is CC(/C=C/C(=O)O)=C1\C(=O)C[C@H]2[C@@]3(C)CCC(=O)C(C)(C)[C@@H]3CC[C@]12C. The molecule has 0 spiro atoms. The number of carbonyl (C=O) groups is 3. The van der Waals surface area contributed by atoms with Gasteiger partial charge in [0.05, 0.1) is 0 Å². The molecule has 0 amide bonds. The molecule has 142 valence electrons. The van der Waals surface area contributed by atoms with Gasteiger partial charge in [-0.05, 0) is 49.0 Å². The maximum absolute atomic E-state index is 13.0. The average Bonchev–Trinajstić information content (AvgIpc) is 2.81. The van der Waals surface area contributed by atoms with Gasteiger partial charge in [0, 0.05) is 35.3 Å². The van der Waals surface area contributed by atoms with Crippen LogP contribution in [-0.4, -0.2) is 22.6 Å². The fourth-order valence-corrected chi connectivity index (χ4v) is 6.67. The van der Waals surface area contributed by atoms with Crippen molar-refractivity contribution < 1.29 is 19.5 Å². The summed E-state index contributed by atoms with van der Waals surface area (Å²) in [5, 5.41) is 8.92. The summed E-state index contributed by atoms with van der Waals surface area (Å²) in [5.41, 5.74) is 0.997. The molecule has 4 heteroatoms. The van der Waals surface area contributed by atoms with E-state index in [0.29, 0.717) is 24.5 Å². The van der Waals surface area contributed by atoms with Crippen LogP contribution in [0.1, 0.15) is 66.7 Å². The third-order valence-electron chi connectivity index (χ3n) is 7.90. The molecule has 4 nitrogen and oxygen atoms in total. The second-order valence-electron chi connectivity index (χ2n) is 9.57. The predicted molar refractivity (Wildman–Crippen MR) is 99.5 cm³/mol. The third kappa shape index (κ3) is 2.52. The second-order valence-corrected chi connectivity index (χ2v) is 9.57. The first-order chi connectivity index (χ1) is 11.9. The number of fused-ring (bicyclic) bond motifs is 3. The molecule has 0 saturated heterocycles. The largest absolute Gasteiger partial charge is 0.478 e. The monoisotopic (exact) mass is 358 g/mol. The van der Waals surface area contributed by atoms with Gasteiger partial charge in [-0.2, -0.15) is 0 Å². The molecule has 0 aromatic rings. The minimum Gasteiger partial charge on any atom is -0.478 e. The van der Waals surface area contributed by atoms with Crippen molar-refractivity contribution >= 4 is 17.5 Å². The van der Waals surface area contributed by atoms with Crippen LogP contribution in [0.2, 0.25) is 0 Å². The van der Waals surface area contributed by atoms with Crippen LogP contribution in [0, 0.1) is 28.1 Å². The van der Waals surface area contributed by atoms with Crippen LogP contribution in [0.15, 0.2) is 23.3 Å². The van der Waals surface area contributed by atoms with E-state index in [2.05, 4.69) is 27.7 Å². The van der Waals surface area contributed by atoms with Crippen LogP contribution in [-0.2, 0) is 14.4 Å². The minimum atomic E-state index is -1.000. The smallest absolute Gasteiger partial charge is 0.328 e. The summed E-state index contributed by atoms with van der Waals surface area (Å²) in [4.78, 5) is 36.4. The summed E-state index contributed by atoms with van der Waals surface area (Å²) in [6.45, 7) is 10.5. The fourth-order valence-electron chi connectivity index (χ4n) is 6.67. The Bertz CT molecular complexity index is 741. The van der Waals surface area contributed by atoms with Gasteiger partial charge in [0.15, 0.2) is 5.78 Å². The van der Waals surface area contributed by atoms with Crippen LogP contribution >= 0.6 is 0 Å². The van der Waals surface area contributed by atoms with Crippen LogP contribution in [0.4, 0.5) is 0 Å². The number of aliphatic carboxylic acids is 1. The molecule has 3 rings (SSSR count). The molecule has 3 saturated carbocycles. The molecular weight excluding hydrogens is 328 g/mol. The molecule has 3 aliphatic rings. The van der Waals surface area contributed by atoms with E-state index in [4.69, 9.17) is 5.11 Å². The maximum atomic E-state index is 13.0. The summed E-state index contributed by atoms with van der Waals surface area (Å²) < 4.78 is 0. The number of rotatable bonds is 2. The quantitative estimate of drug-likeness (QED) is 0.745. The number of carboxylic acid groups (broad SMARTS) is 1. The fraction of sp³-hybridized carbons (Fsp3) is 0.682. The Morgan fingerprint density at radius 2 is 1.73 bits per heavy atom. The number of carboxylic acids is 1. The molecule has 3 aliphatic carbocycles. The van der Waals surface area contributed by atoms with E-state index < -0.39 is 5.97 Å². The Morgan fingerprint density at radius 3 is 2.35 bits per heavy atom. The van der Waals surface area contributed by atoms with Crippen molar-refractivity contribution in [1.82, 2.24) is 0 Å². The lowest BCUT2D eigenvalue weighted by molar-refractivity contribution is -0.154. The van der Waals surface area contributed by atoms with E-state index in [9.17, 15) is 14.4 Å². The van der Waals surface area contributed by atoms with Crippen molar-refractivity contribution in [2.24, 2.45) is 28.1 Å². The molecule has 26 heavy (non-hydrogen) atoms. The summed E-state index contributed by atoms with van der Waals surface area (Å²) >= 11 is 0. The number of allylic oxidation sites excluding steroid dienone is 3. The minimum absolute atomic E-state index is 0.0292. The first-order valence-corrected chi connectivity index (χ1v) is 9.63. The number of ketones is 2. The van der Waals surface area contributed by atoms with E-state index in [0.717, 1.165) is 36.5 Å². The highest BCUT2D eigenvalue weighted by atomic mass is 16.4. The van der Waals surface area contributed by atoms with Crippen molar-refractivity contribution in [3.63, 3.8) is 0 Å². The summed E-state index contributed by atoms with van der Waals surface area (Å²) in [7, 11) is 0. The molecule has 0 unspecified atom stereocenters. The number of carbonyl (C=O) groups excluding carboxylic acids is 2. The summed E-state index contributed by atoms with van der Waals surface area (Å²) in [6, 6.07) is 0. The lowest BCUT2D eigenvalue weighted by Crippen LogP contribution is -2.56. The van der Waals surface area contributed by atoms with Crippen LogP contribution < -0.4 is 0 Å². The Balaban J connectivity index is 2.06. The molecule has 0 radical (unpaired) electrons. The van der Waals surface area contributed by atoms with E-state index in [1.54, 1.807) is 6.08 Å². The van der Waals surface area contributed by atoms with E-state index in [1.807, 2.05) is 6.92 Å². The van der Waals surface area contributed by atoms with Gasteiger partial charge >= 0.3 is 5.97 Å². The van der Waals surface area contributed by atoms with Crippen molar-refractivity contribution in [3.05, 3.63) is 23.3 Å². The number of hydrogen-bond donors (Lipinski definition) is 1. The molecule has 0 aromatic carbocycles. The van der Waals surface area contributed by atoms with Crippen molar-refractivity contribution in [2.75, 3.05) is 0 Å². The molecule has 0 aromatic heterocycles. The Labute approximate surface area is 155 Å². The van der Waals surface area contributed by atoms with E-state index in [-0.39, 0.29) is 27.9 Å². The molecule has 0 heterocycles. The van der Waals surface area contributed by atoms with Gasteiger partial charge in [-0.3, -0.25) is 9.59 Å². The zero-order chi connectivity index (χ0) is 19.5. The van der Waals surface area contributed by atoms with Crippen molar-refractivity contribution in [3.8, 4) is 0 Å². The normalized spacial score (nSPS) is 41.1. The molecule has 0 aliphatic heterocycles. The Kier molecular flexibility index (Phi) is 4.33. The number of hydrogen-bond acceptors (Lipinski definition) is 3. The number of Topliss-reactive ketones (excluding diaryl/α,β-unsaturated/α-hetero) is 2. The Hall–Kier alpha value is -1.71. The lowest BCUT2D eigenvalue weighted by Gasteiger charge is -2.60. The van der Waals surface area contributed by atoms with Gasteiger partial charge in [-0.15, -0.1) is 0 Å². The maximum Gasteiger partial charge on any atom is 0.328 e. The van der Waals surface area contributed by atoms with Crippen molar-refractivity contribution in [2.45, 2.75) is 66.7 Å². The summed E-state index contributed by atoms with van der Waals surface area (Å²) in [5.74, 6) is 0.0271. The lowest BCUT2D eigenvalue weighted by atomic mass is 9.43. The van der Waals surface area contributed by atoms with E-state index in [1.165, 1.54) is 0 Å². The van der Waals surface area contributed by atoms with Gasteiger partial charge in [-0.25, -0.2) is 4.79 Å². The Morgan fingerprint density at radius 1 is 1.08 bits per heavy atom. The van der Waals surface area contributed by atoms with Gasteiger partial charge in [0.25, 0.3) is 0 Å². The van der Waals surface area contributed by atoms with Crippen LogP contribution in [0.25, 0.3) is 0 Å². The van der Waals surface area contributed by atoms with Gasteiger partial charge in [0.1, 0.15) is 5.78 Å². The van der Waals surface area contributed by atoms with E-state index >= 15 is 0 Å². The van der Waals surface area contributed by atoms with Crippen LogP contribution in [0.3, 0.4) is 0 Å². The van der Waals surface area contributed by atoms with Gasteiger partial charge in [0.2, 0.25) is 0 Å². The molecule has 1 N–H and O–H groups in total. The molecule has 0 bridgehead atoms. The third-order valence-corrected chi connectivity index (χ3v) is 7.90. The molecule has 4 atom stereocenters. The van der Waals surface area contributed by atoms with Crippen LogP contribution in [0.5, 0.6) is 0 Å². The first-order valence-electron chi connectivity index (χ1n) is 9.63. The average molecular weight is 358 g/mol. The first kappa shape index (κ1) is 19.1. The highest BCUT2D eigenvalue weighted by Crippen LogP contribution is 2.68.